The molecule has 2 bridgehead atoms. The van der Waals surface area contributed by atoms with Gasteiger partial charge < -0.3 is 15.0 Å². The van der Waals surface area contributed by atoms with Crippen molar-refractivity contribution in [1.82, 2.24) is 9.88 Å². The molecule has 6 rings (SSSR count). The maximum Gasteiger partial charge on any atom is 0.305 e. The number of aromatic amines is 1. The second-order valence-electron chi connectivity index (χ2n) is 10.5. The van der Waals surface area contributed by atoms with E-state index in [2.05, 4.69) is 48.0 Å². The Hall–Kier alpha value is -2.59. The Balaban J connectivity index is 1.35. The van der Waals surface area contributed by atoms with E-state index in [1.54, 1.807) is 11.8 Å². The summed E-state index contributed by atoms with van der Waals surface area (Å²) in [5, 5.41) is 10.1. The lowest BCUT2D eigenvalue weighted by atomic mass is 9.68. The summed E-state index contributed by atoms with van der Waals surface area (Å²) in [4.78, 5) is 58.0. The predicted octanol–water partition coefficient (Wildman–Crippen LogP) is 3.62. The standard InChI is InChI=1S/C27H31N3O5S2/c1-3-29(4-2)14-9-7-13(8-10-14)18-19-15-12-16(22(19)36-24-23(18)37-27(35)28-24)21-20(15)25(33)30(26(21)34)11-5-6-17(31)32/h7-10,15-16,18-22H,3-6,11-12H2,1-2H3,(H,28,35)(H,31,32)/t15-,16+,18+,19+,20+,21-,22-/m1/s1. The molecule has 2 aliphatic heterocycles. The Morgan fingerprint density at radius 2 is 1.76 bits per heavy atom. The molecule has 0 radical (unpaired) electrons. The molecule has 4 aliphatic rings. The van der Waals surface area contributed by atoms with Crippen LogP contribution in [0.15, 0.2) is 34.1 Å². The van der Waals surface area contributed by atoms with Gasteiger partial charge in [0.15, 0.2) is 0 Å². The number of thioether (sulfide) groups is 1. The number of aromatic nitrogens is 1. The van der Waals surface area contributed by atoms with Crippen LogP contribution in [0.4, 0.5) is 5.69 Å². The normalized spacial score (nSPS) is 31.4. The van der Waals surface area contributed by atoms with E-state index in [9.17, 15) is 19.2 Å². The fourth-order valence-corrected chi connectivity index (χ4v) is 10.4. The number of imide groups is 1. The van der Waals surface area contributed by atoms with Crippen molar-refractivity contribution in [1.29, 1.82) is 0 Å². The van der Waals surface area contributed by atoms with E-state index < -0.39 is 5.97 Å². The molecular weight excluding hydrogens is 510 g/mol. The van der Waals surface area contributed by atoms with E-state index in [0.717, 1.165) is 35.0 Å². The lowest BCUT2D eigenvalue weighted by Crippen LogP contribution is -2.42. The van der Waals surface area contributed by atoms with Crippen LogP contribution in [0.1, 0.15) is 49.5 Å². The van der Waals surface area contributed by atoms with Crippen LogP contribution in [0.3, 0.4) is 0 Å². The van der Waals surface area contributed by atoms with Gasteiger partial charge in [0, 0.05) is 47.8 Å². The highest BCUT2D eigenvalue weighted by molar-refractivity contribution is 8.00. The molecule has 1 aromatic carbocycles. The number of amides is 2. The van der Waals surface area contributed by atoms with Crippen LogP contribution in [0.2, 0.25) is 0 Å². The molecule has 8 nitrogen and oxygen atoms in total. The zero-order valence-corrected chi connectivity index (χ0v) is 22.5. The summed E-state index contributed by atoms with van der Waals surface area (Å²) in [5.74, 6) is -1.49. The van der Waals surface area contributed by atoms with E-state index in [1.165, 1.54) is 21.9 Å². The Morgan fingerprint density at radius 1 is 1.08 bits per heavy atom. The van der Waals surface area contributed by atoms with Crippen LogP contribution in [-0.4, -0.2) is 57.7 Å². The van der Waals surface area contributed by atoms with Crippen molar-refractivity contribution < 1.29 is 19.5 Å². The number of fused-ring (bicyclic) bond motifs is 9. The Kier molecular flexibility index (Phi) is 6.22. The zero-order valence-electron chi connectivity index (χ0n) is 20.9. The molecule has 1 aromatic heterocycles. The van der Waals surface area contributed by atoms with Gasteiger partial charge in [-0.2, -0.15) is 0 Å². The van der Waals surface area contributed by atoms with Crippen molar-refractivity contribution in [3.8, 4) is 0 Å². The molecule has 7 atom stereocenters. The molecule has 0 unspecified atom stereocenters. The number of aliphatic carboxylic acids is 1. The summed E-state index contributed by atoms with van der Waals surface area (Å²) in [6.07, 6.45) is 1.08. The Morgan fingerprint density at radius 3 is 2.41 bits per heavy atom. The van der Waals surface area contributed by atoms with Crippen molar-refractivity contribution in [2.24, 2.45) is 29.6 Å². The van der Waals surface area contributed by atoms with Crippen molar-refractivity contribution >= 4 is 46.6 Å². The molecule has 10 heteroatoms. The number of hydrogen-bond acceptors (Lipinski definition) is 7. The maximum atomic E-state index is 13.5. The molecule has 37 heavy (non-hydrogen) atoms. The average Bonchev–Trinajstić information content (AvgIpc) is 3.60. The number of anilines is 1. The van der Waals surface area contributed by atoms with Crippen molar-refractivity contribution in [3.63, 3.8) is 0 Å². The van der Waals surface area contributed by atoms with Crippen LogP contribution in [-0.2, 0) is 14.4 Å². The molecule has 2 saturated carbocycles. The third-order valence-corrected chi connectivity index (χ3v) is 11.6. The SMILES string of the molecule is CCN(CC)c1ccc([C@@H]2c3sc(=O)[nH]c3S[C@@H]3[C@H]4C[C@@H]([C@@H]5C(=O)N(CCCC(=O)O)C(=O)[C@H]45)[C@@H]23)cc1. The number of likely N-dealkylation sites (tertiary alicyclic amines) is 1. The number of hydrogen-bond donors (Lipinski definition) is 2. The fraction of sp³-hybridized carbons (Fsp3) is 0.556. The van der Waals surface area contributed by atoms with Crippen LogP contribution in [0, 0.1) is 29.6 Å². The molecule has 2 N–H and O–H groups in total. The monoisotopic (exact) mass is 541 g/mol. The molecular formula is C27H31N3O5S2. The second-order valence-corrected chi connectivity index (χ2v) is 12.8. The molecule has 1 saturated heterocycles. The summed E-state index contributed by atoms with van der Waals surface area (Å²) in [6.45, 7) is 6.31. The number of carbonyl (C=O) groups is 3. The van der Waals surface area contributed by atoms with Gasteiger partial charge in [0.2, 0.25) is 11.8 Å². The number of thiazole rings is 1. The third-order valence-electron chi connectivity index (χ3n) is 8.97. The van der Waals surface area contributed by atoms with Gasteiger partial charge in [-0.05, 0) is 62.1 Å². The first-order chi connectivity index (χ1) is 17.8. The number of H-pyrrole nitrogens is 1. The minimum absolute atomic E-state index is 0.0101. The topological polar surface area (TPSA) is 111 Å². The summed E-state index contributed by atoms with van der Waals surface area (Å²) in [5.41, 5.74) is 2.32. The Labute approximate surface area is 223 Å². The fourth-order valence-electron chi connectivity index (χ4n) is 7.54. The van der Waals surface area contributed by atoms with Crippen LogP contribution in [0.25, 0.3) is 0 Å². The van der Waals surface area contributed by atoms with Gasteiger partial charge in [-0.15, -0.1) is 11.8 Å². The van der Waals surface area contributed by atoms with Crippen LogP contribution < -0.4 is 9.77 Å². The molecule has 196 valence electrons. The quantitative estimate of drug-likeness (QED) is 0.491. The maximum absolute atomic E-state index is 13.5. The molecule has 0 spiro atoms. The highest BCUT2D eigenvalue weighted by Gasteiger charge is 2.69. The number of carboxylic acids is 1. The summed E-state index contributed by atoms with van der Waals surface area (Å²) < 4.78 is 0. The number of carboxylic acid groups (broad SMARTS) is 1. The first kappa shape index (κ1) is 24.7. The lowest BCUT2D eigenvalue weighted by molar-refractivity contribution is -0.142. The number of nitrogens with one attached hydrogen (secondary N) is 1. The molecule has 2 aliphatic carbocycles. The summed E-state index contributed by atoms with van der Waals surface area (Å²) in [7, 11) is 0. The first-order valence-corrected chi connectivity index (χ1v) is 14.8. The minimum atomic E-state index is -0.920. The van der Waals surface area contributed by atoms with Gasteiger partial charge in [-0.1, -0.05) is 23.5 Å². The van der Waals surface area contributed by atoms with E-state index in [4.69, 9.17) is 5.11 Å². The average molecular weight is 542 g/mol. The van der Waals surface area contributed by atoms with E-state index >= 15 is 0 Å². The smallest absolute Gasteiger partial charge is 0.305 e. The van der Waals surface area contributed by atoms with E-state index in [0.29, 0.717) is 0 Å². The van der Waals surface area contributed by atoms with Crippen LogP contribution >= 0.6 is 23.1 Å². The molecule has 2 aromatic rings. The number of nitrogens with zero attached hydrogens (tertiary/aromatic N) is 2. The van der Waals surface area contributed by atoms with Crippen LogP contribution in [0.5, 0.6) is 0 Å². The summed E-state index contributed by atoms with van der Waals surface area (Å²) >= 11 is 2.96. The largest absolute Gasteiger partial charge is 0.481 e. The van der Waals surface area contributed by atoms with Crippen molar-refractivity contribution in [2.45, 2.75) is 49.3 Å². The van der Waals surface area contributed by atoms with Gasteiger partial charge in [0.1, 0.15) is 0 Å². The van der Waals surface area contributed by atoms with E-state index in [1.807, 2.05) is 0 Å². The number of benzene rings is 1. The van der Waals surface area contributed by atoms with Gasteiger partial charge >= 0.3 is 10.8 Å². The van der Waals surface area contributed by atoms with Crippen molar-refractivity contribution in [3.05, 3.63) is 44.4 Å². The zero-order chi connectivity index (χ0) is 26.0. The number of rotatable bonds is 8. The summed E-state index contributed by atoms with van der Waals surface area (Å²) in [6, 6.07) is 8.64. The first-order valence-electron chi connectivity index (χ1n) is 13.2. The number of carbonyl (C=O) groups excluding carboxylic acids is 2. The van der Waals surface area contributed by atoms with Gasteiger partial charge in [-0.25, -0.2) is 0 Å². The molecule has 2 amide bonds. The van der Waals surface area contributed by atoms with Gasteiger partial charge in [-0.3, -0.25) is 24.1 Å². The lowest BCUT2D eigenvalue weighted by Gasteiger charge is -2.43. The third kappa shape index (κ3) is 3.78. The predicted molar refractivity (Wildman–Crippen MR) is 142 cm³/mol. The van der Waals surface area contributed by atoms with Gasteiger partial charge in [0.05, 0.1) is 16.9 Å². The molecule has 3 heterocycles. The molecule has 3 fully saturated rings. The highest BCUT2D eigenvalue weighted by atomic mass is 32.2. The van der Waals surface area contributed by atoms with Gasteiger partial charge in [0.25, 0.3) is 0 Å². The minimum Gasteiger partial charge on any atom is -0.481 e. The van der Waals surface area contributed by atoms with E-state index in [-0.39, 0.29) is 76.8 Å². The highest BCUT2D eigenvalue weighted by Crippen LogP contribution is 2.68. The second kappa shape index (κ2) is 9.31. The Bertz CT molecular complexity index is 1300. The van der Waals surface area contributed by atoms with Crippen molar-refractivity contribution in [2.75, 3.05) is 24.5 Å².